The number of sulfonamides is 1. The maximum atomic E-state index is 12.0. The lowest BCUT2D eigenvalue weighted by molar-refractivity contribution is -0.140. The van der Waals surface area contributed by atoms with Crippen molar-refractivity contribution in [3.8, 4) is 0 Å². The Balaban J connectivity index is 2.88. The van der Waals surface area contributed by atoms with Crippen LogP contribution in [0.25, 0.3) is 0 Å². The van der Waals surface area contributed by atoms with Crippen LogP contribution in [-0.2, 0) is 19.6 Å². The summed E-state index contributed by atoms with van der Waals surface area (Å²) in [6, 6.07) is 3.62. The van der Waals surface area contributed by atoms with E-state index in [9.17, 15) is 22.8 Å². The van der Waals surface area contributed by atoms with Crippen LogP contribution in [0.2, 0.25) is 0 Å². The first-order chi connectivity index (χ1) is 11.1. The van der Waals surface area contributed by atoms with Crippen molar-refractivity contribution < 1.29 is 33.0 Å². The van der Waals surface area contributed by atoms with Crippen molar-refractivity contribution in [3.05, 3.63) is 29.8 Å². The van der Waals surface area contributed by atoms with Gasteiger partial charge in [0, 0.05) is 26.1 Å². The minimum atomic E-state index is -3.63. The van der Waals surface area contributed by atoms with E-state index in [1.807, 2.05) is 0 Å². The van der Waals surface area contributed by atoms with Crippen LogP contribution in [0.4, 0.5) is 0 Å². The van der Waals surface area contributed by atoms with E-state index < -0.39 is 40.3 Å². The molecule has 1 aromatic rings. The molecule has 0 aromatic heterocycles. The second-order valence-electron chi connectivity index (χ2n) is 5.11. The van der Waals surface area contributed by atoms with Crippen molar-refractivity contribution in [1.82, 2.24) is 9.62 Å². The molecule has 0 aliphatic rings. The largest absolute Gasteiger partial charge is 0.481 e. The monoisotopic (exact) mass is 358 g/mol. The molecule has 0 heterocycles. The third kappa shape index (κ3) is 5.03. The molecule has 0 saturated carbocycles. The number of hydrogen-bond acceptors (Lipinski definition) is 5. The number of carboxylic acids is 2. The van der Waals surface area contributed by atoms with Gasteiger partial charge in [0.1, 0.15) is 6.04 Å². The second kappa shape index (κ2) is 7.88. The number of aliphatic carboxylic acids is 2. The first-order valence-electron chi connectivity index (χ1n) is 6.83. The van der Waals surface area contributed by atoms with Gasteiger partial charge >= 0.3 is 11.9 Å². The molecule has 0 saturated heterocycles. The summed E-state index contributed by atoms with van der Waals surface area (Å²) in [6.45, 7) is 0. The van der Waals surface area contributed by atoms with Gasteiger partial charge in [-0.1, -0.05) is 0 Å². The van der Waals surface area contributed by atoms with Gasteiger partial charge < -0.3 is 15.5 Å². The van der Waals surface area contributed by atoms with Crippen molar-refractivity contribution in [3.63, 3.8) is 0 Å². The molecule has 0 aliphatic carbocycles. The SMILES string of the molecule is CN(C)S(=O)(=O)c1ccc(C(=O)NC(CCC(=O)O)C(=O)O)cc1. The molecule has 0 radical (unpaired) electrons. The van der Waals surface area contributed by atoms with Gasteiger partial charge in [0.05, 0.1) is 4.90 Å². The molecule has 0 fully saturated rings. The fourth-order valence-corrected chi connectivity index (χ4v) is 2.66. The Labute approximate surface area is 138 Å². The molecule has 24 heavy (non-hydrogen) atoms. The van der Waals surface area contributed by atoms with Crippen molar-refractivity contribution in [2.24, 2.45) is 0 Å². The molecule has 0 aliphatic heterocycles. The van der Waals surface area contributed by atoms with Crippen molar-refractivity contribution in [2.75, 3.05) is 14.1 Å². The number of benzene rings is 1. The van der Waals surface area contributed by atoms with Gasteiger partial charge in [-0.25, -0.2) is 17.5 Å². The van der Waals surface area contributed by atoms with Gasteiger partial charge in [-0.3, -0.25) is 9.59 Å². The third-order valence-corrected chi connectivity index (χ3v) is 4.97. The summed E-state index contributed by atoms with van der Waals surface area (Å²) in [4.78, 5) is 33.6. The smallest absolute Gasteiger partial charge is 0.326 e. The highest BCUT2D eigenvalue weighted by molar-refractivity contribution is 7.89. The Kier molecular flexibility index (Phi) is 6.43. The molecule has 1 rings (SSSR count). The molecule has 1 aromatic carbocycles. The predicted molar refractivity (Wildman–Crippen MR) is 83.1 cm³/mol. The van der Waals surface area contributed by atoms with Gasteiger partial charge in [0.15, 0.2) is 0 Å². The summed E-state index contributed by atoms with van der Waals surface area (Å²) in [5, 5.41) is 19.8. The minimum absolute atomic E-state index is 0.00953. The molecule has 1 atom stereocenters. The van der Waals surface area contributed by atoms with Gasteiger partial charge in [-0.2, -0.15) is 0 Å². The fourth-order valence-electron chi connectivity index (χ4n) is 1.76. The predicted octanol–water partition coefficient (Wildman–Crippen LogP) is -0.0153. The minimum Gasteiger partial charge on any atom is -0.481 e. The summed E-state index contributed by atoms with van der Waals surface area (Å²) < 4.78 is 24.9. The summed E-state index contributed by atoms with van der Waals surface area (Å²) in [5.74, 6) is -3.26. The standard InChI is InChI=1S/C14H18N2O7S/c1-16(2)24(22,23)10-5-3-9(4-6-10)13(19)15-11(14(20)21)7-8-12(17)18/h3-6,11H,7-8H2,1-2H3,(H,15,19)(H,17,18)(H,20,21). The van der Waals surface area contributed by atoms with E-state index in [4.69, 9.17) is 10.2 Å². The molecule has 1 amide bonds. The number of nitrogens with zero attached hydrogens (tertiary/aromatic N) is 1. The normalized spacial score (nSPS) is 12.6. The number of amides is 1. The van der Waals surface area contributed by atoms with Crippen LogP contribution in [0.3, 0.4) is 0 Å². The van der Waals surface area contributed by atoms with Crippen LogP contribution >= 0.6 is 0 Å². The third-order valence-electron chi connectivity index (χ3n) is 3.15. The average Bonchev–Trinajstić information content (AvgIpc) is 2.50. The van der Waals surface area contributed by atoms with E-state index in [1.54, 1.807) is 0 Å². The highest BCUT2D eigenvalue weighted by atomic mass is 32.2. The number of carbonyl (C=O) groups excluding carboxylic acids is 1. The van der Waals surface area contributed by atoms with Gasteiger partial charge in [-0.15, -0.1) is 0 Å². The maximum Gasteiger partial charge on any atom is 0.326 e. The second-order valence-corrected chi connectivity index (χ2v) is 7.26. The fraction of sp³-hybridized carbons (Fsp3) is 0.357. The number of nitrogens with one attached hydrogen (secondary N) is 1. The molecule has 3 N–H and O–H groups in total. The van der Waals surface area contributed by atoms with Crippen LogP contribution in [0.15, 0.2) is 29.2 Å². The number of rotatable bonds is 8. The summed E-state index contributed by atoms with van der Waals surface area (Å²) in [6.07, 6.45) is -0.666. The van der Waals surface area contributed by atoms with Crippen LogP contribution < -0.4 is 5.32 Å². The maximum absolute atomic E-state index is 12.0. The first-order valence-corrected chi connectivity index (χ1v) is 8.27. The number of hydrogen-bond donors (Lipinski definition) is 3. The number of carboxylic acid groups (broad SMARTS) is 2. The zero-order chi connectivity index (χ0) is 18.5. The zero-order valence-corrected chi connectivity index (χ0v) is 13.9. The molecule has 9 nitrogen and oxygen atoms in total. The van der Waals surface area contributed by atoms with E-state index in [1.165, 1.54) is 38.4 Å². The van der Waals surface area contributed by atoms with Crippen LogP contribution in [0.1, 0.15) is 23.2 Å². The molecule has 1 unspecified atom stereocenters. The molecular formula is C14H18N2O7S. The van der Waals surface area contributed by atoms with Gasteiger partial charge in [-0.05, 0) is 30.7 Å². The van der Waals surface area contributed by atoms with Crippen molar-refractivity contribution in [1.29, 1.82) is 0 Å². The van der Waals surface area contributed by atoms with Crippen LogP contribution in [0.5, 0.6) is 0 Å². The zero-order valence-electron chi connectivity index (χ0n) is 13.1. The Morgan fingerprint density at radius 3 is 2.08 bits per heavy atom. The van der Waals surface area contributed by atoms with E-state index in [0.717, 1.165) is 4.31 Å². The lowest BCUT2D eigenvalue weighted by Crippen LogP contribution is -2.41. The van der Waals surface area contributed by atoms with E-state index in [-0.39, 0.29) is 16.9 Å². The Morgan fingerprint density at radius 2 is 1.67 bits per heavy atom. The Morgan fingerprint density at radius 1 is 1.12 bits per heavy atom. The summed E-state index contributed by atoms with van der Waals surface area (Å²) in [5.41, 5.74) is 0.0641. The Bertz CT molecular complexity index is 726. The topological polar surface area (TPSA) is 141 Å². The van der Waals surface area contributed by atoms with Crippen LogP contribution in [0, 0.1) is 0 Å². The lowest BCUT2D eigenvalue weighted by Gasteiger charge is -2.14. The highest BCUT2D eigenvalue weighted by Gasteiger charge is 2.22. The van der Waals surface area contributed by atoms with E-state index in [2.05, 4.69) is 5.32 Å². The number of carbonyl (C=O) groups is 3. The molecule has 132 valence electrons. The lowest BCUT2D eigenvalue weighted by atomic mass is 10.1. The molecule has 10 heteroatoms. The molecule has 0 bridgehead atoms. The van der Waals surface area contributed by atoms with E-state index >= 15 is 0 Å². The van der Waals surface area contributed by atoms with Gasteiger partial charge in [0.25, 0.3) is 5.91 Å². The first kappa shape index (κ1) is 19.6. The van der Waals surface area contributed by atoms with Crippen LogP contribution in [-0.4, -0.2) is 60.9 Å². The average molecular weight is 358 g/mol. The quantitative estimate of drug-likeness (QED) is 0.593. The van der Waals surface area contributed by atoms with E-state index in [0.29, 0.717) is 0 Å². The van der Waals surface area contributed by atoms with Crippen molar-refractivity contribution in [2.45, 2.75) is 23.8 Å². The van der Waals surface area contributed by atoms with Gasteiger partial charge in [0.2, 0.25) is 10.0 Å². The van der Waals surface area contributed by atoms with Crippen molar-refractivity contribution >= 4 is 27.9 Å². The molecule has 0 spiro atoms. The Hall–Kier alpha value is -2.46. The molecular weight excluding hydrogens is 340 g/mol. The highest BCUT2D eigenvalue weighted by Crippen LogP contribution is 2.14. The summed E-state index contributed by atoms with van der Waals surface area (Å²) >= 11 is 0. The summed E-state index contributed by atoms with van der Waals surface area (Å²) in [7, 11) is -0.890.